The highest BCUT2D eigenvalue weighted by Gasteiger charge is 2.19. The number of hydrogen-bond acceptors (Lipinski definition) is 4. The lowest BCUT2D eigenvalue weighted by molar-refractivity contribution is 0.370. The molecule has 0 saturated carbocycles. The maximum atomic E-state index is 12.3. The molecule has 0 bridgehead atoms. The number of sulfonamides is 1. The number of ether oxygens (including phenoxy) is 1. The van der Waals surface area contributed by atoms with Gasteiger partial charge in [-0.15, -0.1) is 0 Å². The lowest BCUT2D eigenvalue weighted by atomic mass is 10.3. The van der Waals surface area contributed by atoms with Crippen molar-refractivity contribution in [3.63, 3.8) is 0 Å². The minimum atomic E-state index is -3.84. The molecular formula is C14H11ClN2O3S. The van der Waals surface area contributed by atoms with E-state index in [2.05, 4.69) is 4.72 Å². The highest BCUT2D eigenvalue weighted by molar-refractivity contribution is 7.92. The Morgan fingerprint density at radius 2 is 1.81 bits per heavy atom. The fourth-order valence-corrected chi connectivity index (χ4v) is 3.24. The maximum absolute atomic E-state index is 12.3. The van der Waals surface area contributed by atoms with E-state index in [9.17, 15) is 8.42 Å². The zero-order valence-electron chi connectivity index (χ0n) is 10.8. The van der Waals surface area contributed by atoms with Gasteiger partial charge in [0.25, 0.3) is 10.0 Å². The second kappa shape index (κ2) is 6.48. The summed E-state index contributed by atoms with van der Waals surface area (Å²) in [4.78, 5) is -0.0262. The SMILES string of the molecule is N#CCOc1ccccc1NS(=O)(=O)c1ccccc1Cl. The number of nitrogens with one attached hydrogen (secondary N) is 1. The monoisotopic (exact) mass is 322 g/mol. The quantitative estimate of drug-likeness (QED) is 0.917. The molecule has 7 heteroatoms. The van der Waals surface area contributed by atoms with Crippen LogP contribution in [0, 0.1) is 11.3 Å². The third kappa shape index (κ3) is 3.66. The molecule has 0 amide bonds. The number of hydrogen-bond donors (Lipinski definition) is 1. The summed E-state index contributed by atoms with van der Waals surface area (Å²) in [6, 6.07) is 14.4. The number of halogens is 1. The van der Waals surface area contributed by atoms with Crippen LogP contribution >= 0.6 is 11.6 Å². The van der Waals surface area contributed by atoms with Gasteiger partial charge in [0.05, 0.1) is 10.7 Å². The van der Waals surface area contributed by atoms with Crippen LogP contribution in [0.4, 0.5) is 5.69 Å². The van der Waals surface area contributed by atoms with E-state index in [1.54, 1.807) is 36.4 Å². The summed E-state index contributed by atoms with van der Waals surface area (Å²) in [6.45, 7) is -0.176. The predicted octanol–water partition coefficient (Wildman–Crippen LogP) is 3.04. The van der Waals surface area contributed by atoms with Crippen molar-refractivity contribution in [3.05, 3.63) is 53.6 Å². The van der Waals surface area contributed by atoms with Crippen LogP contribution in [-0.2, 0) is 10.0 Å². The average molecular weight is 323 g/mol. The van der Waals surface area contributed by atoms with Crippen LogP contribution in [0.1, 0.15) is 0 Å². The molecule has 5 nitrogen and oxygen atoms in total. The van der Waals surface area contributed by atoms with Gasteiger partial charge < -0.3 is 4.74 Å². The molecule has 0 aliphatic heterocycles. The molecular weight excluding hydrogens is 312 g/mol. The first kappa shape index (κ1) is 15.2. The second-order valence-electron chi connectivity index (χ2n) is 3.98. The second-order valence-corrected chi connectivity index (χ2v) is 6.04. The predicted molar refractivity (Wildman–Crippen MR) is 79.8 cm³/mol. The van der Waals surface area contributed by atoms with Crippen LogP contribution in [0.25, 0.3) is 0 Å². The van der Waals surface area contributed by atoms with Crippen molar-refractivity contribution in [3.8, 4) is 11.8 Å². The molecule has 0 fully saturated rings. The topological polar surface area (TPSA) is 79.2 Å². The minimum absolute atomic E-state index is 0.0262. The molecule has 0 heterocycles. The molecule has 0 unspecified atom stereocenters. The van der Waals surface area contributed by atoms with E-state index < -0.39 is 10.0 Å². The first-order chi connectivity index (χ1) is 10.0. The summed E-state index contributed by atoms with van der Waals surface area (Å²) in [6.07, 6.45) is 0. The number of anilines is 1. The molecule has 0 aliphatic carbocycles. The van der Waals surface area contributed by atoms with Crippen molar-refractivity contribution >= 4 is 27.3 Å². The summed E-state index contributed by atoms with van der Waals surface area (Å²) in [7, 11) is -3.84. The summed E-state index contributed by atoms with van der Waals surface area (Å²) in [5.41, 5.74) is 0.243. The van der Waals surface area contributed by atoms with Crippen LogP contribution in [0.5, 0.6) is 5.75 Å². The van der Waals surface area contributed by atoms with Gasteiger partial charge in [-0.25, -0.2) is 8.42 Å². The Morgan fingerprint density at radius 1 is 1.14 bits per heavy atom. The smallest absolute Gasteiger partial charge is 0.263 e. The molecule has 0 spiro atoms. The van der Waals surface area contributed by atoms with Crippen LogP contribution in [0.3, 0.4) is 0 Å². The molecule has 0 aromatic heterocycles. The van der Waals surface area contributed by atoms with Crippen LogP contribution in [0.15, 0.2) is 53.4 Å². The third-order valence-electron chi connectivity index (χ3n) is 2.55. The molecule has 2 rings (SSSR count). The first-order valence-electron chi connectivity index (χ1n) is 5.91. The summed E-state index contributed by atoms with van der Waals surface area (Å²) >= 11 is 5.90. The largest absolute Gasteiger partial charge is 0.477 e. The van der Waals surface area contributed by atoms with Crippen LogP contribution in [0.2, 0.25) is 5.02 Å². The third-order valence-corrected chi connectivity index (χ3v) is 4.42. The fraction of sp³-hybridized carbons (Fsp3) is 0.0714. The van der Waals surface area contributed by atoms with Gasteiger partial charge in [-0.3, -0.25) is 4.72 Å². The fourth-order valence-electron chi connectivity index (χ4n) is 1.65. The van der Waals surface area contributed by atoms with Crippen molar-refractivity contribution < 1.29 is 13.2 Å². The van der Waals surface area contributed by atoms with Crippen molar-refractivity contribution in [2.24, 2.45) is 0 Å². The van der Waals surface area contributed by atoms with Gasteiger partial charge in [0.15, 0.2) is 6.61 Å². The molecule has 108 valence electrons. The van der Waals surface area contributed by atoms with Crippen molar-refractivity contribution in [2.75, 3.05) is 11.3 Å². The molecule has 0 atom stereocenters. The van der Waals surface area contributed by atoms with Crippen LogP contribution in [-0.4, -0.2) is 15.0 Å². The summed E-state index contributed by atoms with van der Waals surface area (Å²) in [5.74, 6) is 0.273. The molecule has 0 radical (unpaired) electrons. The zero-order chi connectivity index (χ0) is 15.3. The number of nitrogens with zero attached hydrogens (tertiary/aromatic N) is 1. The molecule has 0 saturated heterocycles. The standard InChI is InChI=1S/C14H11ClN2O3S/c15-11-5-1-4-8-14(11)21(18,19)17-12-6-2-3-7-13(12)20-10-9-16/h1-8,17H,10H2. The summed E-state index contributed by atoms with van der Waals surface area (Å²) < 4.78 is 32.2. The van der Waals surface area contributed by atoms with E-state index in [0.29, 0.717) is 0 Å². The lowest BCUT2D eigenvalue weighted by Crippen LogP contribution is -2.14. The zero-order valence-corrected chi connectivity index (χ0v) is 12.4. The average Bonchev–Trinajstić information content (AvgIpc) is 2.46. The van der Waals surface area contributed by atoms with Gasteiger partial charge >= 0.3 is 0 Å². The number of nitriles is 1. The number of rotatable bonds is 5. The minimum Gasteiger partial charge on any atom is -0.477 e. The molecule has 2 aromatic rings. The van der Waals surface area contributed by atoms with E-state index in [0.717, 1.165) is 0 Å². The lowest BCUT2D eigenvalue weighted by Gasteiger charge is -2.12. The van der Waals surface area contributed by atoms with Crippen molar-refractivity contribution in [1.82, 2.24) is 0 Å². The van der Waals surface area contributed by atoms with Crippen LogP contribution < -0.4 is 9.46 Å². The van der Waals surface area contributed by atoms with E-state index in [4.69, 9.17) is 21.6 Å². The van der Waals surface area contributed by atoms with Gasteiger partial charge in [-0.05, 0) is 24.3 Å². The van der Waals surface area contributed by atoms with Gasteiger partial charge in [-0.1, -0.05) is 35.9 Å². The van der Waals surface area contributed by atoms with E-state index >= 15 is 0 Å². The van der Waals surface area contributed by atoms with Gasteiger partial charge in [0.1, 0.15) is 16.7 Å². The van der Waals surface area contributed by atoms with Crippen molar-refractivity contribution in [1.29, 1.82) is 5.26 Å². The molecule has 21 heavy (non-hydrogen) atoms. The Labute approximate surface area is 127 Å². The Kier molecular flexibility index (Phi) is 4.68. The highest BCUT2D eigenvalue weighted by atomic mass is 35.5. The van der Waals surface area contributed by atoms with E-state index in [1.165, 1.54) is 12.1 Å². The number of para-hydroxylation sites is 2. The normalized spacial score (nSPS) is 10.7. The Balaban J connectivity index is 2.34. The van der Waals surface area contributed by atoms with Crippen molar-refractivity contribution in [2.45, 2.75) is 4.90 Å². The maximum Gasteiger partial charge on any atom is 0.263 e. The Hall–Kier alpha value is -2.23. The van der Waals surface area contributed by atoms with Gasteiger partial charge in [-0.2, -0.15) is 5.26 Å². The Morgan fingerprint density at radius 3 is 2.52 bits per heavy atom. The first-order valence-corrected chi connectivity index (χ1v) is 7.77. The molecule has 2 aromatic carbocycles. The number of benzene rings is 2. The van der Waals surface area contributed by atoms with Gasteiger partial charge in [0, 0.05) is 0 Å². The van der Waals surface area contributed by atoms with Gasteiger partial charge in [0.2, 0.25) is 0 Å². The molecule has 0 aliphatic rings. The summed E-state index contributed by atoms with van der Waals surface area (Å²) in [5, 5.41) is 8.66. The van der Waals surface area contributed by atoms with E-state index in [-0.39, 0.29) is 28.0 Å². The molecule has 1 N–H and O–H groups in total. The Bertz CT molecular complexity index is 785. The van der Waals surface area contributed by atoms with E-state index in [1.807, 2.05) is 6.07 Å². The highest BCUT2D eigenvalue weighted by Crippen LogP contribution is 2.28.